The standard InChI is InChI=1S/C19H22FN3O3S/c20-15-7-9-18(10-8-15)27(25,26)23-12-4-2-6-17(23)13-19(24)22-14-16-5-1-3-11-21-16/h1,3,5,7-11,17H,2,4,6,12-14H2,(H,22,24)/t17-/m1/s1. The Labute approximate surface area is 158 Å². The van der Waals surface area contributed by atoms with Gasteiger partial charge in [-0.2, -0.15) is 4.31 Å². The van der Waals surface area contributed by atoms with E-state index in [2.05, 4.69) is 10.3 Å². The monoisotopic (exact) mass is 391 g/mol. The lowest BCUT2D eigenvalue weighted by atomic mass is 10.0. The van der Waals surface area contributed by atoms with Gasteiger partial charge in [0.05, 0.1) is 17.1 Å². The van der Waals surface area contributed by atoms with E-state index in [1.54, 1.807) is 12.3 Å². The van der Waals surface area contributed by atoms with Crippen LogP contribution in [0.2, 0.25) is 0 Å². The van der Waals surface area contributed by atoms with Gasteiger partial charge in [0.2, 0.25) is 15.9 Å². The quantitative estimate of drug-likeness (QED) is 0.820. The molecule has 1 aromatic heterocycles. The van der Waals surface area contributed by atoms with Crippen LogP contribution in [0.15, 0.2) is 53.6 Å². The van der Waals surface area contributed by atoms with E-state index >= 15 is 0 Å². The van der Waals surface area contributed by atoms with Gasteiger partial charge in [-0.3, -0.25) is 9.78 Å². The number of nitrogens with zero attached hydrogens (tertiary/aromatic N) is 2. The lowest BCUT2D eigenvalue weighted by molar-refractivity contribution is -0.122. The van der Waals surface area contributed by atoms with Gasteiger partial charge in [-0.25, -0.2) is 12.8 Å². The number of hydrogen-bond donors (Lipinski definition) is 1. The average molecular weight is 391 g/mol. The molecule has 0 saturated carbocycles. The van der Waals surface area contributed by atoms with E-state index in [0.29, 0.717) is 19.5 Å². The van der Waals surface area contributed by atoms with E-state index < -0.39 is 21.9 Å². The molecule has 1 saturated heterocycles. The lowest BCUT2D eigenvalue weighted by Crippen LogP contribution is -2.45. The topological polar surface area (TPSA) is 79.4 Å². The first-order chi connectivity index (χ1) is 13.0. The van der Waals surface area contributed by atoms with Gasteiger partial charge in [0.15, 0.2) is 0 Å². The molecule has 0 bridgehead atoms. The zero-order valence-corrected chi connectivity index (χ0v) is 15.7. The van der Waals surface area contributed by atoms with Crippen LogP contribution in [0.1, 0.15) is 31.4 Å². The maximum atomic E-state index is 13.1. The van der Waals surface area contributed by atoms with Crippen molar-refractivity contribution in [2.75, 3.05) is 6.54 Å². The van der Waals surface area contributed by atoms with Crippen molar-refractivity contribution in [3.63, 3.8) is 0 Å². The molecule has 0 unspecified atom stereocenters. The molecule has 1 atom stereocenters. The summed E-state index contributed by atoms with van der Waals surface area (Å²) in [6, 6.07) is 9.83. The molecule has 6 nitrogen and oxygen atoms in total. The Bertz CT molecular complexity index is 873. The molecule has 3 rings (SSSR count). The minimum atomic E-state index is -3.77. The summed E-state index contributed by atoms with van der Waals surface area (Å²) < 4.78 is 40.4. The normalized spacial score (nSPS) is 18.2. The molecule has 1 amide bonds. The molecule has 1 fully saturated rings. The molecule has 0 radical (unpaired) electrons. The van der Waals surface area contributed by atoms with Crippen molar-refractivity contribution in [1.29, 1.82) is 0 Å². The number of hydrogen-bond acceptors (Lipinski definition) is 4. The van der Waals surface area contributed by atoms with E-state index in [-0.39, 0.29) is 17.2 Å². The van der Waals surface area contributed by atoms with E-state index in [0.717, 1.165) is 30.7 Å². The van der Waals surface area contributed by atoms with Gasteiger partial charge < -0.3 is 5.32 Å². The first-order valence-electron chi connectivity index (χ1n) is 8.91. The summed E-state index contributed by atoms with van der Waals surface area (Å²) in [5, 5.41) is 2.79. The first kappa shape index (κ1) is 19.4. The number of piperidine rings is 1. The molecule has 2 heterocycles. The minimum absolute atomic E-state index is 0.0460. The van der Waals surface area contributed by atoms with Gasteiger partial charge in [0.25, 0.3) is 0 Å². The van der Waals surface area contributed by atoms with Gasteiger partial charge in [0.1, 0.15) is 5.82 Å². The number of pyridine rings is 1. The highest BCUT2D eigenvalue weighted by Gasteiger charge is 2.34. The van der Waals surface area contributed by atoms with Crippen LogP contribution in [0.25, 0.3) is 0 Å². The lowest BCUT2D eigenvalue weighted by Gasteiger charge is -2.34. The number of halogens is 1. The summed E-state index contributed by atoms with van der Waals surface area (Å²) in [4.78, 5) is 16.5. The highest BCUT2D eigenvalue weighted by Crippen LogP contribution is 2.27. The summed E-state index contributed by atoms with van der Waals surface area (Å²) in [5.74, 6) is -0.704. The van der Waals surface area contributed by atoms with Crippen molar-refractivity contribution in [2.45, 2.75) is 43.2 Å². The summed E-state index contributed by atoms with van der Waals surface area (Å²) >= 11 is 0. The highest BCUT2D eigenvalue weighted by atomic mass is 32.2. The average Bonchev–Trinajstić information content (AvgIpc) is 2.68. The second-order valence-corrected chi connectivity index (χ2v) is 8.41. The number of carbonyl (C=O) groups excluding carboxylic acids is 1. The summed E-state index contributed by atoms with van der Waals surface area (Å²) in [5.41, 5.74) is 0.741. The predicted octanol–water partition coefficient (Wildman–Crippen LogP) is 2.47. The Morgan fingerprint density at radius 1 is 1.19 bits per heavy atom. The third-order valence-electron chi connectivity index (χ3n) is 4.61. The molecule has 1 aliphatic rings. The molecule has 0 aliphatic carbocycles. The van der Waals surface area contributed by atoms with Crippen molar-refractivity contribution in [2.24, 2.45) is 0 Å². The van der Waals surface area contributed by atoms with Crippen molar-refractivity contribution in [3.8, 4) is 0 Å². The van der Waals surface area contributed by atoms with Gasteiger partial charge in [0, 0.05) is 25.2 Å². The van der Waals surface area contributed by atoms with Crippen LogP contribution in [0, 0.1) is 5.82 Å². The number of benzene rings is 1. The molecule has 1 aliphatic heterocycles. The maximum Gasteiger partial charge on any atom is 0.243 e. The Morgan fingerprint density at radius 3 is 2.67 bits per heavy atom. The smallest absolute Gasteiger partial charge is 0.243 e. The van der Waals surface area contributed by atoms with Crippen LogP contribution >= 0.6 is 0 Å². The fourth-order valence-electron chi connectivity index (χ4n) is 3.21. The number of amides is 1. The van der Waals surface area contributed by atoms with Crippen molar-refractivity contribution in [1.82, 2.24) is 14.6 Å². The number of rotatable bonds is 6. The van der Waals surface area contributed by atoms with Crippen molar-refractivity contribution in [3.05, 3.63) is 60.2 Å². The van der Waals surface area contributed by atoms with Crippen molar-refractivity contribution >= 4 is 15.9 Å². The number of sulfonamides is 1. The first-order valence-corrected chi connectivity index (χ1v) is 10.3. The molecule has 144 valence electrons. The molecule has 27 heavy (non-hydrogen) atoms. The third kappa shape index (κ3) is 4.90. The second kappa shape index (κ2) is 8.58. The number of carbonyl (C=O) groups is 1. The maximum absolute atomic E-state index is 13.1. The van der Waals surface area contributed by atoms with Crippen LogP contribution in [0.3, 0.4) is 0 Å². The highest BCUT2D eigenvalue weighted by molar-refractivity contribution is 7.89. The Hall–Kier alpha value is -2.32. The molecular formula is C19H22FN3O3S. The minimum Gasteiger partial charge on any atom is -0.350 e. The SMILES string of the molecule is O=C(C[C@H]1CCCCN1S(=O)(=O)c1ccc(F)cc1)NCc1ccccn1. The van der Waals surface area contributed by atoms with Crippen LogP contribution in [0.4, 0.5) is 4.39 Å². The van der Waals surface area contributed by atoms with Gasteiger partial charge in [-0.1, -0.05) is 12.5 Å². The predicted molar refractivity (Wildman–Crippen MR) is 98.6 cm³/mol. The number of nitrogens with one attached hydrogen (secondary N) is 1. The Balaban J connectivity index is 1.67. The second-order valence-electron chi connectivity index (χ2n) is 6.52. The van der Waals surface area contributed by atoms with E-state index in [9.17, 15) is 17.6 Å². The van der Waals surface area contributed by atoms with Crippen molar-refractivity contribution < 1.29 is 17.6 Å². The van der Waals surface area contributed by atoms with E-state index in [1.807, 2.05) is 12.1 Å². The summed E-state index contributed by atoms with van der Waals surface area (Å²) in [6.07, 6.45) is 3.98. The fourth-order valence-corrected chi connectivity index (χ4v) is 4.91. The molecule has 8 heteroatoms. The molecule has 1 N–H and O–H groups in total. The summed E-state index contributed by atoms with van der Waals surface area (Å²) in [6.45, 7) is 0.662. The van der Waals surface area contributed by atoms with Gasteiger partial charge >= 0.3 is 0 Å². The Morgan fingerprint density at radius 2 is 1.96 bits per heavy atom. The van der Waals surface area contributed by atoms with E-state index in [4.69, 9.17) is 0 Å². The van der Waals surface area contributed by atoms with Gasteiger partial charge in [-0.15, -0.1) is 0 Å². The van der Waals surface area contributed by atoms with Crippen LogP contribution in [0.5, 0.6) is 0 Å². The van der Waals surface area contributed by atoms with Gasteiger partial charge in [-0.05, 0) is 49.2 Å². The third-order valence-corrected chi connectivity index (χ3v) is 6.57. The largest absolute Gasteiger partial charge is 0.350 e. The van der Waals surface area contributed by atoms with Crippen LogP contribution < -0.4 is 5.32 Å². The van der Waals surface area contributed by atoms with Crippen LogP contribution in [-0.4, -0.2) is 36.2 Å². The van der Waals surface area contributed by atoms with E-state index in [1.165, 1.54) is 16.4 Å². The zero-order valence-electron chi connectivity index (χ0n) is 14.8. The number of aromatic nitrogens is 1. The summed E-state index contributed by atoms with van der Waals surface area (Å²) in [7, 11) is -3.77. The molecule has 2 aromatic rings. The molecule has 1 aromatic carbocycles. The zero-order chi connectivity index (χ0) is 19.3. The molecular weight excluding hydrogens is 369 g/mol. The molecule has 0 spiro atoms. The van der Waals surface area contributed by atoms with Crippen LogP contribution in [-0.2, 0) is 21.4 Å². The Kier molecular flexibility index (Phi) is 6.18. The fraction of sp³-hybridized carbons (Fsp3) is 0.368.